The van der Waals surface area contributed by atoms with E-state index >= 15 is 0 Å². The lowest BCUT2D eigenvalue weighted by Gasteiger charge is -2.24. The summed E-state index contributed by atoms with van der Waals surface area (Å²) in [5.41, 5.74) is 2.30. The number of amides is 1. The summed E-state index contributed by atoms with van der Waals surface area (Å²) < 4.78 is 12.7. The number of ether oxygens (including phenoxy) is 2. The first kappa shape index (κ1) is 22.6. The van der Waals surface area contributed by atoms with E-state index in [1.165, 1.54) is 0 Å². The molecule has 1 aromatic heterocycles. The summed E-state index contributed by atoms with van der Waals surface area (Å²) in [5.74, 6) is -0.934. The van der Waals surface area contributed by atoms with Crippen LogP contribution in [-0.2, 0) is 21.4 Å². The van der Waals surface area contributed by atoms with Gasteiger partial charge in [-0.25, -0.2) is 0 Å². The number of carbonyl (C=O) groups excluding carboxylic acids is 2. The van der Waals surface area contributed by atoms with Gasteiger partial charge >= 0.3 is 0 Å². The van der Waals surface area contributed by atoms with Gasteiger partial charge in [0.1, 0.15) is 11.5 Å². The average Bonchev–Trinajstić information content (AvgIpc) is 3.28. The molecular formula is C26H28N2O5. The maximum Gasteiger partial charge on any atom is 0.295 e. The Hall–Kier alpha value is -3.58. The lowest BCUT2D eigenvalue weighted by Crippen LogP contribution is -2.31. The number of carbonyl (C=O) groups is 2. The number of hydrogen-bond donors (Lipinski definition) is 1. The van der Waals surface area contributed by atoms with Crippen molar-refractivity contribution in [1.82, 2.24) is 9.47 Å². The van der Waals surface area contributed by atoms with Crippen LogP contribution in [0.25, 0.3) is 16.7 Å². The molecule has 4 rings (SSSR count). The standard InChI is InChI=1S/C26H28N2O5/c1-4-33-18-10-7-9-17(15-18)24(29)22-23(28(13-8-14-32-3)26(31)25(22)30)20-16-27(2)21-12-6-5-11-19(20)21/h5-7,9-12,15-16,23,29H,4,8,13-14H2,1-3H3/b24-22+. The van der Waals surface area contributed by atoms with Crippen LogP contribution >= 0.6 is 0 Å². The summed E-state index contributed by atoms with van der Waals surface area (Å²) in [5, 5.41) is 12.2. The summed E-state index contributed by atoms with van der Waals surface area (Å²) in [7, 11) is 3.52. The highest BCUT2D eigenvalue weighted by atomic mass is 16.5. The number of likely N-dealkylation sites (tertiary alicyclic amines) is 1. The molecule has 0 saturated carbocycles. The summed E-state index contributed by atoms with van der Waals surface area (Å²) in [6, 6.07) is 14.0. The average molecular weight is 449 g/mol. The topological polar surface area (TPSA) is 81.0 Å². The van der Waals surface area contributed by atoms with Gasteiger partial charge in [0.25, 0.3) is 11.7 Å². The zero-order valence-corrected chi connectivity index (χ0v) is 19.1. The number of rotatable bonds is 8. The van der Waals surface area contributed by atoms with Gasteiger partial charge in [-0.3, -0.25) is 9.59 Å². The summed E-state index contributed by atoms with van der Waals surface area (Å²) in [4.78, 5) is 27.9. The van der Waals surface area contributed by atoms with Gasteiger partial charge in [0, 0.05) is 55.5 Å². The minimum Gasteiger partial charge on any atom is -0.507 e. The Morgan fingerprint density at radius 1 is 1.12 bits per heavy atom. The van der Waals surface area contributed by atoms with Crippen molar-refractivity contribution >= 4 is 28.4 Å². The second kappa shape index (κ2) is 9.50. The van der Waals surface area contributed by atoms with Gasteiger partial charge in [0.05, 0.1) is 18.2 Å². The van der Waals surface area contributed by atoms with Gasteiger partial charge in [-0.05, 0) is 31.5 Å². The van der Waals surface area contributed by atoms with E-state index in [2.05, 4.69) is 0 Å². The third-order valence-corrected chi connectivity index (χ3v) is 5.93. The van der Waals surface area contributed by atoms with E-state index < -0.39 is 17.7 Å². The fraction of sp³-hybridized carbons (Fsp3) is 0.308. The highest BCUT2D eigenvalue weighted by Crippen LogP contribution is 2.42. The molecule has 1 atom stereocenters. The van der Waals surface area contributed by atoms with Crippen molar-refractivity contribution < 1.29 is 24.2 Å². The van der Waals surface area contributed by atoms with Crippen LogP contribution in [-0.4, -0.2) is 53.1 Å². The SMILES string of the molecule is CCOc1cccc(/C(O)=C2\C(=O)C(=O)N(CCCOC)C2c2cn(C)c3ccccc23)c1. The predicted octanol–water partition coefficient (Wildman–Crippen LogP) is 4.04. The molecular weight excluding hydrogens is 420 g/mol. The molecule has 7 heteroatoms. The van der Waals surface area contributed by atoms with Crippen molar-refractivity contribution in [2.24, 2.45) is 7.05 Å². The quantitative estimate of drug-likeness (QED) is 0.244. The molecule has 1 saturated heterocycles. The summed E-state index contributed by atoms with van der Waals surface area (Å²) in [6.45, 7) is 3.15. The summed E-state index contributed by atoms with van der Waals surface area (Å²) in [6.07, 6.45) is 2.50. The smallest absolute Gasteiger partial charge is 0.295 e. The number of benzene rings is 2. The number of nitrogens with zero attached hydrogens (tertiary/aromatic N) is 2. The molecule has 3 aromatic rings. The Bertz CT molecular complexity index is 1230. The molecule has 0 bridgehead atoms. The van der Waals surface area contributed by atoms with Gasteiger partial charge in [0.15, 0.2) is 0 Å². The number of aromatic nitrogens is 1. The van der Waals surface area contributed by atoms with Crippen LogP contribution in [0.4, 0.5) is 0 Å². The van der Waals surface area contributed by atoms with Crippen LogP contribution in [0.1, 0.15) is 30.5 Å². The van der Waals surface area contributed by atoms with Crippen LogP contribution in [0.5, 0.6) is 5.75 Å². The second-order valence-electron chi connectivity index (χ2n) is 8.01. The predicted molar refractivity (Wildman–Crippen MR) is 126 cm³/mol. The van der Waals surface area contributed by atoms with E-state index in [-0.39, 0.29) is 11.3 Å². The van der Waals surface area contributed by atoms with Crippen LogP contribution < -0.4 is 4.74 Å². The Kier molecular flexibility index (Phi) is 6.51. The zero-order valence-electron chi connectivity index (χ0n) is 19.1. The van der Waals surface area contributed by atoms with Crippen molar-refractivity contribution in [3.63, 3.8) is 0 Å². The van der Waals surface area contributed by atoms with Crippen LogP contribution in [0.3, 0.4) is 0 Å². The minimum atomic E-state index is -0.705. The second-order valence-corrected chi connectivity index (χ2v) is 8.01. The molecule has 0 aliphatic carbocycles. The van der Waals surface area contributed by atoms with Crippen molar-refractivity contribution in [3.8, 4) is 5.75 Å². The number of Topliss-reactive ketones (excluding diaryl/α,β-unsaturated/α-hetero) is 1. The Morgan fingerprint density at radius 3 is 2.67 bits per heavy atom. The summed E-state index contributed by atoms with van der Waals surface area (Å²) >= 11 is 0. The molecule has 0 radical (unpaired) electrons. The first-order chi connectivity index (χ1) is 16.0. The fourth-order valence-corrected chi connectivity index (χ4v) is 4.46. The molecule has 1 unspecified atom stereocenters. The molecule has 1 aliphatic heterocycles. The largest absolute Gasteiger partial charge is 0.507 e. The van der Waals surface area contributed by atoms with E-state index in [0.29, 0.717) is 37.5 Å². The minimum absolute atomic E-state index is 0.0856. The number of methoxy groups -OCH3 is 1. The van der Waals surface area contributed by atoms with E-state index in [0.717, 1.165) is 16.5 Å². The molecule has 1 N–H and O–H groups in total. The number of fused-ring (bicyclic) bond motifs is 1. The van der Waals surface area contributed by atoms with Crippen LogP contribution in [0.2, 0.25) is 0 Å². The van der Waals surface area contributed by atoms with Gasteiger partial charge < -0.3 is 24.0 Å². The van der Waals surface area contributed by atoms with Crippen molar-refractivity contribution in [3.05, 3.63) is 71.4 Å². The lowest BCUT2D eigenvalue weighted by atomic mass is 9.95. The highest BCUT2D eigenvalue weighted by Gasteiger charge is 2.46. The molecule has 2 aromatic carbocycles. The number of para-hydroxylation sites is 1. The van der Waals surface area contributed by atoms with Gasteiger partial charge in [0.2, 0.25) is 0 Å². The maximum atomic E-state index is 13.2. The lowest BCUT2D eigenvalue weighted by molar-refractivity contribution is -0.140. The molecule has 0 spiro atoms. The maximum absolute atomic E-state index is 13.2. The molecule has 1 aliphatic rings. The third kappa shape index (κ3) is 4.12. The monoisotopic (exact) mass is 448 g/mol. The van der Waals surface area contributed by atoms with E-state index in [1.54, 1.807) is 36.3 Å². The first-order valence-electron chi connectivity index (χ1n) is 11.0. The molecule has 1 amide bonds. The van der Waals surface area contributed by atoms with Crippen molar-refractivity contribution in [2.45, 2.75) is 19.4 Å². The Balaban J connectivity index is 1.90. The van der Waals surface area contributed by atoms with Gasteiger partial charge in [-0.15, -0.1) is 0 Å². The van der Waals surface area contributed by atoms with Gasteiger partial charge in [-0.2, -0.15) is 0 Å². The van der Waals surface area contributed by atoms with Crippen LogP contribution in [0, 0.1) is 0 Å². The van der Waals surface area contributed by atoms with Gasteiger partial charge in [-0.1, -0.05) is 30.3 Å². The van der Waals surface area contributed by atoms with E-state index in [9.17, 15) is 14.7 Å². The van der Waals surface area contributed by atoms with Crippen LogP contribution in [0.15, 0.2) is 60.3 Å². The number of aryl methyl sites for hydroxylation is 1. The zero-order chi connectivity index (χ0) is 23.5. The number of hydrogen-bond acceptors (Lipinski definition) is 5. The molecule has 2 heterocycles. The third-order valence-electron chi connectivity index (χ3n) is 5.93. The molecule has 172 valence electrons. The Labute approximate surface area is 192 Å². The molecule has 1 fully saturated rings. The highest BCUT2D eigenvalue weighted by molar-refractivity contribution is 6.46. The Morgan fingerprint density at radius 2 is 1.91 bits per heavy atom. The molecule has 7 nitrogen and oxygen atoms in total. The number of ketones is 1. The normalized spacial score (nSPS) is 17.8. The number of aliphatic hydroxyl groups excluding tert-OH is 1. The number of aliphatic hydroxyl groups is 1. The first-order valence-corrected chi connectivity index (χ1v) is 11.0. The fourth-order valence-electron chi connectivity index (χ4n) is 4.46. The van der Waals surface area contributed by atoms with E-state index in [4.69, 9.17) is 9.47 Å². The molecule has 33 heavy (non-hydrogen) atoms. The van der Waals surface area contributed by atoms with E-state index in [1.807, 2.05) is 49.0 Å². The van der Waals surface area contributed by atoms with Crippen molar-refractivity contribution in [1.29, 1.82) is 0 Å². The van der Waals surface area contributed by atoms with Crippen molar-refractivity contribution in [2.75, 3.05) is 26.9 Å².